The number of nitrogens with one attached hydrogen (secondary N) is 1. The number of rotatable bonds is 5. The van der Waals surface area contributed by atoms with Crippen LogP contribution in [0.5, 0.6) is 0 Å². The first-order valence-corrected chi connectivity index (χ1v) is 6.87. The van der Waals surface area contributed by atoms with Gasteiger partial charge in [-0.2, -0.15) is 0 Å². The molecule has 2 rings (SSSR count). The van der Waals surface area contributed by atoms with Crippen LogP contribution >= 0.6 is 0 Å². The molecule has 1 heterocycles. The maximum absolute atomic E-state index is 13.4. The average Bonchev–Trinajstić information content (AvgIpc) is 2.80. The van der Waals surface area contributed by atoms with Gasteiger partial charge in [0, 0.05) is 19.6 Å². The van der Waals surface area contributed by atoms with Crippen LogP contribution in [0, 0.1) is 17.7 Å². The van der Waals surface area contributed by atoms with E-state index in [0.29, 0.717) is 5.69 Å². The van der Waals surface area contributed by atoms with Crippen molar-refractivity contribution in [2.45, 2.75) is 20.3 Å². The summed E-state index contributed by atoms with van der Waals surface area (Å²) in [5.74, 6) is 1.44. The Hall–Kier alpha value is -1.09. The van der Waals surface area contributed by atoms with Gasteiger partial charge in [-0.1, -0.05) is 26.0 Å². The highest BCUT2D eigenvalue weighted by molar-refractivity contribution is 5.44. The van der Waals surface area contributed by atoms with Crippen molar-refractivity contribution in [3.8, 4) is 0 Å². The topological polar surface area (TPSA) is 15.3 Å². The van der Waals surface area contributed by atoms with E-state index >= 15 is 0 Å². The van der Waals surface area contributed by atoms with E-state index in [1.165, 1.54) is 25.6 Å². The molecule has 3 heteroatoms. The number of anilines is 1. The minimum Gasteiger partial charge on any atom is -0.381 e. The molecular weight excluding hydrogens is 227 g/mol. The van der Waals surface area contributed by atoms with Crippen LogP contribution in [0.4, 0.5) is 10.1 Å². The minimum atomic E-state index is -0.168. The largest absolute Gasteiger partial charge is 0.381 e. The summed E-state index contributed by atoms with van der Waals surface area (Å²) in [7, 11) is 0. The second kappa shape index (κ2) is 6.19. The maximum Gasteiger partial charge on any atom is 0.146 e. The fraction of sp³-hybridized carbons (Fsp3) is 0.600. The van der Waals surface area contributed by atoms with E-state index in [9.17, 15) is 4.39 Å². The van der Waals surface area contributed by atoms with Gasteiger partial charge in [0.25, 0.3) is 0 Å². The molecule has 1 aliphatic heterocycles. The van der Waals surface area contributed by atoms with E-state index in [-0.39, 0.29) is 5.82 Å². The van der Waals surface area contributed by atoms with Crippen LogP contribution in [-0.2, 0) is 0 Å². The fourth-order valence-electron chi connectivity index (χ4n) is 2.56. The molecule has 18 heavy (non-hydrogen) atoms. The summed E-state index contributed by atoms with van der Waals surface area (Å²) in [4.78, 5) is 2.47. The van der Waals surface area contributed by atoms with Gasteiger partial charge in [0.15, 0.2) is 0 Å². The zero-order chi connectivity index (χ0) is 13.0. The molecule has 1 aromatic carbocycles. The number of likely N-dealkylation sites (tertiary alicyclic amines) is 1. The van der Waals surface area contributed by atoms with Gasteiger partial charge in [-0.25, -0.2) is 4.39 Å². The fourth-order valence-corrected chi connectivity index (χ4v) is 2.56. The molecule has 0 radical (unpaired) electrons. The van der Waals surface area contributed by atoms with Gasteiger partial charge in [0.1, 0.15) is 5.82 Å². The van der Waals surface area contributed by atoms with Crippen LogP contribution in [0.15, 0.2) is 24.3 Å². The second-order valence-corrected chi connectivity index (χ2v) is 5.50. The van der Waals surface area contributed by atoms with Gasteiger partial charge in [0.2, 0.25) is 0 Å². The third kappa shape index (κ3) is 3.45. The molecule has 1 unspecified atom stereocenters. The van der Waals surface area contributed by atoms with Gasteiger partial charge in [-0.3, -0.25) is 0 Å². The predicted octanol–water partition coefficient (Wildman–Crippen LogP) is 3.22. The van der Waals surface area contributed by atoms with E-state index < -0.39 is 0 Å². The average molecular weight is 250 g/mol. The van der Waals surface area contributed by atoms with Crippen LogP contribution in [0.3, 0.4) is 0 Å². The van der Waals surface area contributed by atoms with Gasteiger partial charge in [-0.15, -0.1) is 0 Å². The maximum atomic E-state index is 13.4. The van der Waals surface area contributed by atoms with E-state index in [1.54, 1.807) is 12.1 Å². The number of halogens is 1. The van der Waals surface area contributed by atoms with Gasteiger partial charge >= 0.3 is 0 Å². The Bertz CT molecular complexity index is 379. The van der Waals surface area contributed by atoms with E-state index in [1.807, 2.05) is 6.07 Å². The Morgan fingerprint density at radius 1 is 1.39 bits per heavy atom. The van der Waals surface area contributed by atoms with Crippen molar-refractivity contribution < 1.29 is 4.39 Å². The Morgan fingerprint density at radius 3 is 2.83 bits per heavy atom. The van der Waals surface area contributed by atoms with Crippen LogP contribution < -0.4 is 5.32 Å². The van der Waals surface area contributed by atoms with Crippen LogP contribution in [0.25, 0.3) is 0 Å². The molecule has 1 N–H and O–H groups in total. The van der Waals surface area contributed by atoms with Gasteiger partial charge in [0.05, 0.1) is 5.69 Å². The molecule has 1 fully saturated rings. The number of nitrogens with zero attached hydrogens (tertiary/aromatic N) is 1. The summed E-state index contributed by atoms with van der Waals surface area (Å²) in [6.07, 6.45) is 1.30. The zero-order valence-corrected chi connectivity index (χ0v) is 11.3. The molecule has 0 aromatic heterocycles. The van der Waals surface area contributed by atoms with Crippen LogP contribution in [0.1, 0.15) is 20.3 Å². The van der Waals surface area contributed by atoms with E-state index in [4.69, 9.17) is 0 Å². The lowest BCUT2D eigenvalue weighted by Gasteiger charge is -2.18. The normalized spacial score (nSPS) is 20.6. The van der Waals surface area contributed by atoms with E-state index in [0.717, 1.165) is 24.9 Å². The van der Waals surface area contributed by atoms with Crippen molar-refractivity contribution in [2.24, 2.45) is 11.8 Å². The quantitative estimate of drug-likeness (QED) is 0.863. The summed E-state index contributed by atoms with van der Waals surface area (Å²) in [5.41, 5.74) is 0.608. The first-order valence-electron chi connectivity index (χ1n) is 6.87. The molecule has 0 aliphatic carbocycles. The van der Waals surface area contributed by atoms with Crippen molar-refractivity contribution in [3.63, 3.8) is 0 Å². The molecule has 2 nitrogen and oxygen atoms in total. The Labute approximate surface area is 109 Å². The monoisotopic (exact) mass is 250 g/mol. The minimum absolute atomic E-state index is 0.168. The standard InChI is InChI=1S/C15H23FN2/c1-12(2)13-7-9-18(11-13)10-8-17-15-6-4-3-5-14(15)16/h3-6,12-13,17H,7-11H2,1-2H3. The van der Waals surface area contributed by atoms with Crippen molar-refractivity contribution in [1.82, 2.24) is 4.90 Å². The molecule has 0 amide bonds. The summed E-state index contributed by atoms with van der Waals surface area (Å²) in [6.45, 7) is 8.78. The van der Waals surface area contributed by atoms with Gasteiger partial charge < -0.3 is 10.2 Å². The molecule has 100 valence electrons. The summed E-state index contributed by atoms with van der Waals surface area (Å²) >= 11 is 0. The smallest absolute Gasteiger partial charge is 0.146 e. The highest BCUT2D eigenvalue weighted by Gasteiger charge is 2.24. The highest BCUT2D eigenvalue weighted by Crippen LogP contribution is 2.23. The predicted molar refractivity (Wildman–Crippen MR) is 74.3 cm³/mol. The SMILES string of the molecule is CC(C)C1CCN(CCNc2ccccc2F)C1. The lowest BCUT2D eigenvalue weighted by Crippen LogP contribution is -2.27. The summed E-state index contributed by atoms with van der Waals surface area (Å²) < 4.78 is 13.4. The molecule has 0 bridgehead atoms. The van der Waals surface area contributed by atoms with E-state index in [2.05, 4.69) is 24.1 Å². The Morgan fingerprint density at radius 2 is 2.17 bits per heavy atom. The molecule has 1 atom stereocenters. The first kappa shape index (κ1) is 13.3. The third-order valence-corrected chi connectivity index (χ3v) is 3.87. The van der Waals surface area contributed by atoms with Crippen molar-refractivity contribution in [3.05, 3.63) is 30.1 Å². The van der Waals surface area contributed by atoms with Crippen LogP contribution in [-0.4, -0.2) is 31.1 Å². The lowest BCUT2D eigenvalue weighted by atomic mass is 9.95. The number of hydrogen-bond acceptors (Lipinski definition) is 2. The highest BCUT2D eigenvalue weighted by atomic mass is 19.1. The van der Waals surface area contributed by atoms with Crippen molar-refractivity contribution in [1.29, 1.82) is 0 Å². The zero-order valence-electron chi connectivity index (χ0n) is 11.3. The summed E-state index contributed by atoms with van der Waals surface area (Å²) in [6, 6.07) is 6.85. The first-order chi connectivity index (χ1) is 8.66. The van der Waals surface area contributed by atoms with Crippen molar-refractivity contribution >= 4 is 5.69 Å². The molecule has 1 aromatic rings. The molecule has 0 spiro atoms. The van der Waals surface area contributed by atoms with Crippen LogP contribution in [0.2, 0.25) is 0 Å². The second-order valence-electron chi connectivity index (χ2n) is 5.50. The molecular formula is C15H23FN2. The Balaban J connectivity index is 1.72. The van der Waals surface area contributed by atoms with Gasteiger partial charge in [-0.05, 0) is 36.9 Å². The molecule has 1 saturated heterocycles. The lowest BCUT2D eigenvalue weighted by molar-refractivity contribution is 0.313. The summed E-state index contributed by atoms with van der Waals surface area (Å²) in [5, 5.41) is 3.17. The number of para-hydroxylation sites is 1. The molecule has 0 saturated carbocycles. The number of hydrogen-bond donors (Lipinski definition) is 1. The molecule has 1 aliphatic rings. The third-order valence-electron chi connectivity index (χ3n) is 3.87. The Kier molecular flexibility index (Phi) is 4.59. The van der Waals surface area contributed by atoms with Crippen molar-refractivity contribution in [2.75, 3.05) is 31.5 Å². The number of benzene rings is 1.